The number of nitrogens with one attached hydrogen (secondary N) is 1. The number of nitrogens with zero attached hydrogens (tertiary/aromatic N) is 3. The molecule has 1 saturated heterocycles. The first-order valence-corrected chi connectivity index (χ1v) is 5.49. The molecule has 1 aromatic heterocycles. The van der Waals surface area contributed by atoms with E-state index < -0.39 is 4.92 Å². The summed E-state index contributed by atoms with van der Waals surface area (Å²) in [5, 5.41) is 14.1. The average Bonchev–Trinajstić information content (AvgIpc) is 2.74. The molecule has 0 saturated carbocycles. The maximum Gasteiger partial charge on any atom is 0.406 e. The zero-order valence-corrected chi connectivity index (χ0v) is 10.1. The molecule has 1 N–H and O–H groups in total. The fourth-order valence-corrected chi connectivity index (χ4v) is 1.97. The van der Waals surface area contributed by atoms with Gasteiger partial charge < -0.3 is 20.2 Å². The molecule has 0 spiro atoms. The number of rotatable bonds is 3. The van der Waals surface area contributed by atoms with E-state index in [1.807, 2.05) is 13.8 Å². The Labute approximate surface area is 98.9 Å². The quantitative estimate of drug-likeness (QED) is 0.636. The minimum absolute atomic E-state index is 0.0111. The van der Waals surface area contributed by atoms with Crippen LogP contribution in [-0.4, -0.2) is 32.7 Å². The maximum absolute atomic E-state index is 10.9. The zero-order valence-electron chi connectivity index (χ0n) is 10.1. The van der Waals surface area contributed by atoms with Crippen LogP contribution < -0.4 is 5.32 Å². The van der Waals surface area contributed by atoms with Crippen LogP contribution in [0, 0.1) is 10.1 Å². The summed E-state index contributed by atoms with van der Waals surface area (Å²) in [5.74, 6) is 0.280. The Hall–Kier alpha value is -1.63. The van der Waals surface area contributed by atoms with Crippen molar-refractivity contribution in [3.8, 4) is 0 Å². The number of anilines is 1. The van der Waals surface area contributed by atoms with Crippen molar-refractivity contribution < 1.29 is 9.66 Å². The molecule has 7 nitrogen and oxygen atoms in total. The number of hydrogen-bond donors (Lipinski definition) is 1. The van der Waals surface area contributed by atoms with Gasteiger partial charge in [-0.2, -0.15) is 0 Å². The molecule has 0 radical (unpaired) electrons. The SMILES string of the molecule is CC1OCCC1(C)Nc1c([N+](=O)[O-])ncn1C. The Morgan fingerprint density at radius 2 is 2.47 bits per heavy atom. The molecule has 0 aromatic carbocycles. The Kier molecular flexibility index (Phi) is 2.78. The molecular formula is C10H16N4O3. The summed E-state index contributed by atoms with van der Waals surface area (Å²) in [6.45, 7) is 4.62. The number of imidazole rings is 1. The third-order valence-corrected chi connectivity index (χ3v) is 3.38. The second-order valence-electron chi connectivity index (χ2n) is 4.59. The third-order valence-electron chi connectivity index (χ3n) is 3.38. The van der Waals surface area contributed by atoms with Gasteiger partial charge in [0.1, 0.15) is 0 Å². The van der Waals surface area contributed by atoms with Gasteiger partial charge in [0.15, 0.2) is 0 Å². The molecule has 0 bridgehead atoms. The minimum atomic E-state index is -0.480. The molecule has 1 aliphatic heterocycles. The Morgan fingerprint density at radius 1 is 1.76 bits per heavy atom. The van der Waals surface area contributed by atoms with Gasteiger partial charge in [0, 0.05) is 13.7 Å². The third kappa shape index (κ3) is 1.97. The van der Waals surface area contributed by atoms with Crippen LogP contribution in [-0.2, 0) is 11.8 Å². The normalized spacial score (nSPS) is 28.3. The Balaban J connectivity index is 2.29. The second-order valence-corrected chi connectivity index (χ2v) is 4.59. The van der Waals surface area contributed by atoms with Crippen molar-refractivity contribution in [1.82, 2.24) is 9.55 Å². The fourth-order valence-electron chi connectivity index (χ4n) is 1.97. The molecular weight excluding hydrogens is 224 g/mol. The average molecular weight is 240 g/mol. The molecule has 1 fully saturated rings. The van der Waals surface area contributed by atoms with Gasteiger partial charge in [0.05, 0.1) is 11.6 Å². The molecule has 2 rings (SSSR count). The van der Waals surface area contributed by atoms with Crippen LogP contribution >= 0.6 is 0 Å². The van der Waals surface area contributed by atoms with Crippen LogP contribution in [0.2, 0.25) is 0 Å². The number of ether oxygens (including phenoxy) is 1. The topological polar surface area (TPSA) is 82.2 Å². The molecule has 17 heavy (non-hydrogen) atoms. The standard InChI is InChI=1S/C10H16N4O3/c1-7-10(2,4-5-17-7)12-9-8(14(15)16)11-6-13(9)3/h6-7,12H,4-5H2,1-3H3. The lowest BCUT2D eigenvalue weighted by Crippen LogP contribution is -2.41. The van der Waals surface area contributed by atoms with E-state index in [0.29, 0.717) is 12.4 Å². The Morgan fingerprint density at radius 3 is 3.00 bits per heavy atom. The van der Waals surface area contributed by atoms with Crippen LogP contribution in [0.3, 0.4) is 0 Å². The predicted octanol–water partition coefficient (Wildman–Crippen LogP) is 1.31. The van der Waals surface area contributed by atoms with Gasteiger partial charge >= 0.3 is 5.82 Å². The highest BCUT2D eigenvalue weighted by atomic mass is 16.6. The van der Waals surface area contributed by atoms with Gasteiger partial charge in [0.2, 0.25) is 12.1 Å². The largest absolute Gasteiger partial charge is 0.406 e. The van der Waals surface area contributed by atoms with E-state index in [-0.39, 0.29) is 17.5 Å². The highest BCUT2D eigenvalue weighted by molar-refractivity contribution is 5.54. The summed E-state index contributed by atoms with van der Waals surface area (Å²) in [6, 6.07) is 0. The first kappa shape index (κ1) is 11.8. The number of aryl methyl sites for hydroxylation is 1. The fraction of sp³-hybridized carbons (Fsp3) is 0.700. The van der Waals surface area contributed by atoms with Crippen molar-refractivity contribution in [1.29, 1.82) is 0 Å². The first-order valence-electron chi connectivity index (χ1n) is 5.49. The summed E-state index contributed by atoms with van der Waals surface area (Å²) in [5.41, 5.74) is -0.293. The van der Waals surface area contributed by atoms with Gasteiger partial charge in [-0.3, -0.25) is 4.57 Å². The number of nitro groups is 1. The van der Waals surface area contributed by atoms with E-state index in [2.05, 4.69) is 10.3 Å². The summed E-state index contributed by atoms with van der Waals surface area (Å²) in [4.78, 5) is 14.1. The summed E-state index contributed by atoms with van der Waals surface area (Å²) < 4.78 is 7.11. The van der Waals surface area contributed by atoms with E-state index >= 15 is 0 Å². The lowest BCUT2D eigenvalue weighted by Gasteiger charge is -2.29. The van der Waals surface area contributed by atoms with Crippen molar-refractivity contribution in [2.45, 2.75) is 31.9 Å². The van der Waals surface area contributed by atoms with Gasteiger partial charge in [-0.05, 0) is 30.2 Å². The minimum Gasteiger partial charge on any atom is -0.376 e. The van der Waals surface area contributed by atoms with Crippen LogP contribution in [0.25, 0.3) is 0 Å². The summed E-state index contributed by atoms with van der Waals surface area (Å²) >= 11 is 0. The number of hydrogen-bond acceptors (Lipinski definition) is 5. The second kappa shape index (κ2) is 3.99. The molecule has 1 aromatic rings. The maximum atomic E-state index is 10.9. The van der Waals surface area contributed by atoms with Crippen molar-refractivity contribution in [2.24, 2.45) is 7.05 Å². The zero-order chi connectivity index (χ0) is 12.6. The van der Waals surface area contributed by atoms with Crippen LogP contribution in [0.15, 0.2) is 6.33 Å². The molecule has 2 unspecified atom stereocenters. The molecule has 1 aliphatic rings. The van der Waals surface area contributed by atoms with Crippen molar-refractivity contribution in [3.63, 3.8) is 0 Å². The molecule has 0 amide bonds. The molecule has 7 heteroatoms. The van der Waals surface area contributed by atoms with Crippen LogP contribution in [0.5, 0.6) is 0 Å². The van der Waals surface area contributed by atoms with Gasteiger partial charge in [-0.15, -0.1) is 0 Å². The van der Waals surface area contributed by atoms with Gasteiger partial charge in [-0.1, -0.05) is 0 Å². The Bertz CT molecular complexity index is 445. The highest BCUT2D eigenvalue weighted by Crippen LogP contribution is 2.32. The highest BCUT2D eigenvalue weighted by Gasteiger charge is 2.39. The van der Waals surface area contributed by atoms with Gasteiger partial charge in [0.25, 0.3) is 0 Å². The van der Waals surface area contributed by atoms with Crippen LogP contribution in [0.4, 0.5) is 11.6 Å². The predicted molar refractivity (Wildman–Crippen MR) is 61.9 cm³/mol. The first-order chi connectivity index (χ1) is 7.94. The van der Waals surface area contributed by atoms with E-state index in [1.54, 1.807) is 11.6 Å². The van der Waals surface area contributed by atoms with Crippen molar-refractivity contribution in [2.75, 3.05) is 11.9 Å². The summed E-state index contributed by atoms with van der Waals surface area (Å²) in [6.07, 6.45) is 2.26. The van der Waals surface area contributed by atoms with E-state index in [9.17, 15) is 10.1 Å². The number of aromatic nitrogens is 2. The lowest BCUT2D eigenvalue weighted by atomic mass is 9.95. The monoisotopic (exact) mass is 240 g/mol. The van der Waals surface area contributed by atoms with E-state index in [1.165, 1.54) is 6.33 Å². The molecule has 0 aliphatic carbocycles. The summed E-state index contributed by atoms with van der Waals surface area (Å²) in [7, 11) is 1.73. The molecule has 2 heterocycles. The van der Waals surface area contributed by atoms with Crippen molar-refractivity contribution in [3.05, 3.63) is 16.4 Å². The van der Waals surface area contributed by atoms with Gasteiger partial charge in [-0.25, -0.2) is 0 Å². The smallest absolute Gasteiger partial charge is 0.376 e. The van der Waals surface area contributed by atoms with E-state index in [4.69, 9.17) is 4.74 Å². The van der Waals surface area contributed by atoms with Crippen LogP contribution in [0.1, 0.15) is 20.3 Å². The lowest BCUT2D eigenvalue weighted by molar-refractivity contribution is -0.388. The molecule has 94 valence electrons. The molecule has 2 atom stereocenters. The van der Waals surface area contributed by atoms with Crippen molar-refractivity contribution >= 4 is 11.6 Å². The van der Waals surface area contributed by atoms with E-state index in [0.717, 1.165) is 6.42 Å².